The lowest BCUT2D eigenvalue weighted by molar-refractivity contribution is -0.119. The minimum atomic E-state index is -0.507. The molecule has 6 heteroatoms. The normalized spacial score (nSPS) is 10.5. The van der Waals surface area contributed by atoms with E-state index in [0.717, 1.165) is 15.6 Å². The average molecular weight is 355 g/mol. The molecule has 0 aliphatic carbocycles. The van der Waals surface area contributed by atoms with Gasteiger partial charge in [-0.3, -0.25) is 4.79 Å². The van der Waals surface area contributed by atoms with Crippen LogP contribution in [0.1, 0.15) is 15.2 Å². The molecule has 0 fully saturated rings. The zero-order chi connectivity index (χ0) is 17.8. The zero-order valence-electron chi connectivity index (χ0n) is 13.9. The maximum atomic E-state index is 12.1. The van der Waals surface area contributed by atoms with Crippen LogP contribution in [0.25, 0.3) is 10.1 Å². The van der Waals surface area contributed by atoms with Crippen LogP contribution in [0.3, 0.4) is 0 Å². The van der Waals surface area contributed by atoms with Crippen LogP contribution in [0, 0.1) is 6.92 Å². The first-order valence-corrected chi connectivity index (χ1v) is 8.48. The summed E-state index contributed by atoms with van der Waals surface area (Å²) in [6, 6.07) is 14.9. The predicted molar refractivity (Wildman–Crippen MR) is 98.5 cm³/mol. The van der Waals surface area contributed by atoms with Crippen molar-refractivity contribution in [1.82, 2.24) is 0 Å². The van der Waals surface area contributed by atoms with E-state index in [1.807, 2.05) is 37.3 Å². The molecule has 1 N–H and O–H groups in total. The van der Waals surface area contributed by atoms with Gasteiger partial charge < -0.3 is 14.8 Å². The minimum absolute atomic E-state index is 0.357. The third kappa shape index (κ3) is 3.97. The number of hydrogen-bond acceptors (Lipinski definition) is 5. The van der Waals surface area contributed by atoms with Crippen molar-refractivity contribution in [2.24, 2.45) is 0 Å². The van der Waals surface area contributed by atoms with Crippen LogP contribution < -0.4 is 10.1 Å². The molecule has 0 saturated heterocycles. The monoisotopic (exact) mass is 355 g/mol. The van der Waals surface area contributed by atoms with Gasteiger partial charge in [0.15, 0.2) is 6.61 Å². The van der Waals surface area contributed by atoms with Gasteiger partial charge in [-0.1, -0.05) is 24.3 Å². The number of esters is 1. The molecule has 0 atom stereocenters. The standard InChI is InChI=1S/C19H17NO4S/c1-12-7-8-15(23-2)14(9-12)20-18(21)11-24-19(22)17-10-13-5-3-4-6-16(13)25-17/h3-10H,11H2,1-2H3,(H,20,21). The molecule has 1 amide bonds. The molecule has 0 bridgehead atoms. The molecule has 0 saturated carbocycles. The van der Waals surface area contributed by atoms with E-state index < -0.39 is 11.9 Å². The number of nitrogens with one attached hydrogen (secondary N) is 1. The second-order valence-electron chi connectivity index (χ2n) is 5.48. The smallest absolute Gasteiger partial charge is 0.348 e. The lowest BCUT2D eigenvalue weighted by atomic mass is 10.2. The summed E-state index contributed by atoms with van der Waals surface area (Å²) in [4.78, 5) is 24.7. The van der Waals surface area contributed by atoms with Gasteiger partial charge in [0.1, 0.15) is 10.6 Å². The lowest BCUT2D eigenvalue weighted by Crippen LogP contribution is -2.21. The number of carbonyl (C=O) groups excluding carboxylic acids is 2. The van der Waals surface area contributed by atoms with Crippen LogP contribution in [0.4, 0.5) is 5.69 Å². The Morgan fingerprint density at radius 1 is 1.12 bits per heavy atom. The Kier molecular flexibility index (Phi) is 5.00. The number of amides is 1. The van der Waals surface area contributed by atoms with Crippen LogP contribution in [0.15, 0.2) is 48.5 Å². The van der Waals surface area contributed by atoms with Crippen LogP contribution in [0.2, 0.25) is 0 Å². The maximum Gasteiger partial charge on any atom is 0.348 e. The van der Waals surface area contributed by atoms with E-state index in [9.17, 15) is 9.59 Å². The molecule has 0 aliphatic rings. The van der Waals surface area contributed by atoms with Gasteiger partial charge >= 0.3 is 5.97 Å². The highest BCUT2D eigenvalue weighted by atomic mass is 32.1. The third-order valence-electron chi connectivity index (χ3n) is 3.59. The van der Waals surface area contributed by atoms with Crippen molar-refractivity contribution in [2.75, 3.05) is 19.0 Å². The van der Waals surface area contributed by atoms with Crippen molar-refractivity contribution in [3.05, 3.63) is 59.0 Å². The second kappa shape index (κ2) is 7.36. The largest absolute Gasteiger partial charge is 0.495 e. The number of fused-ring (bicyclic) bond motifs is 1. The number of rotatable bonds is 5. The summed E-state index contributed by atoms with van der Waals surface area (Å²) in [6.07, 6.45) is 0. The molecule has 2 aromatic carbocycles. The number of aryl methyl sites for hydroxylation is 1. The molecule has 128 valence electrons. The molecule has 0 spiro atoms. The second-order valence-corrected chi connectivity index (χ2v) is 6.56. The fourth-order valence-corrected chi connectivity index (χ4v) is 3.35. The summed E-state index contributed by atoms with van der Waals surface area (Å²) in [7, 11) is 1.53. The summed E-state index contributed by atoms with van der Waals surface area (Å²) in [5.74, 6) is -0.374. The van der Waals surface area contributed by atoms with Gasteiger partial charge in [-0.2, -0.15) is 0 Å². The molecular weight excluding hydrogens is 338 g/mol. The lowest BCUT2D eigenvalue weighted by Gasteiger charge is -2.11. The summed E-state index contributed by atoms with van der Waals surface area (Å²) >= 11 is 1.34. The Morgan fingerprint density at radius 2 is 1.92 bits per heavy atom. The Bertz CT molecular complexity index is 899. The summed E-state index contributed by atoms with van der Waals surface area (Å²) in [6.45, 7) is 1.56. The van der Waals surface area contributed by atoms with E-state index in [1.165, 1.54) is 18.4 Å². The highest BCUT2D eigenvalue weighted by Crippen LogP contribution is 2.26. The molecule has 0 radical (unpaired) electrons. The third-order valence-corrected chi connectivity index (χ3v) is 4.69. The predicted octanol–water partition coefficient (Wildman–Crippen LogP) is 4.01. The summed E-state index contributed by atoms with van der Waals surface area (Å²) in [5.41, 5.74) is 1.53. The van der Waals surface area contributed by atoms with E-state index in [2.05, 4.69) is 5.32 Å². The molecule has 1 aromatic heterocycles. The molecule has 3 aromatic rings. The Hall–Kier alpha value is -2.86. The summed E-state index contributed by atoms with van der Waals surface area (Å²) < 4.78 is 11.3. The highest BCUT2D eigenvalue weighted by molar-refractivity contribution is 7.20. The fraction of sp³-hybridized carbons (Fsp3) is 0.158. The highest BCUT2D eigenvalue weighted by Gasteiger charge is 2.14. The Morgan fingerprint density at radius 3 is 2.68 bits per heavy atom. The number of hydrogen-bond donors (Lipinski definition) is 1. The van der Waals surface area contributed by atoms with Crippen molar-refractivity contribution >= 4 is 39.0 Å². The van der Waals surface area contributed by atoms with Crippen molar-refractivity contribution in [3.63, 3.8) is 0 Å². The van der Waals surface area contributed by atoms with Gasteiger partial charge in [0.05, 0.1) is 12.8 Å². The topological polar surface area (TPSA) is 64.6 Å². The molecule has 0 aliphatic heterocycles. The van der Waals surface area contributed by atoms with Crippen molar-refractivity contribution in [1.29, 1.82) is 0 Å². The minimum Gasteiger partial charge on any atom is -0.495 e. The molecule has 3 rings (SSSR count). The first-order valence-electron chi connectivity index (χ1n) is 7.67. The number of ether oxygens (including phenoxy) is 2. The number of carbonyl (C=O) groups is 2. The van der Waals surface area contributed by atoms with E-state index in [4.69, 9.17) is 9.47 Å². The Balaban J connectivity index is 1.62. The fourth-order valence-electron chi connectivity index (χ4n) is 2.39. The summed E-state index contributed by atoms with van der Waals surface area (Å²) in [5, 5.41) is 3.68. The number of benzene rings is 2. The van der Waals surface area contributed by atoms with Gasteiger partial charge in [0.25, 0.3) is 5.91 Å². The van der Waals surface area contributed by atoms with Gasteiger partial charge in [-0.25, -0.2) is 4.79 Å². The molecule has 0 unspecified atom stereocenters. The quantitative estimate of drug-likeness (QED) is 0.702. The first kappa shape index (κ1) is 17.0. The molecular formula is C19H17NO4S. The number of methoxy groups -OCH3 is 1. The van der Waals surface area contributed by atoms with Gasteiger partial charge in [0.2, 0.25) is 0 Å². The number of thiophene rings is 1. The maximum absolute atomic E-state index is 12.1. The zero-order valence-corrected chi connectivity index (χ0v) is 14.7. The van der Waals surface area contributed by atoms with E-state index in [1.54, 1.807) is 18.2 Å². The van der Waals surface area contributed by atoms with Crippen molar-refractivity contribution in [3.8, 4) is 5.75 Å². The van der Waals surface area contributed by atoms with E-state index >= 15 is 0 Å². The van der Waals surface area contributed by atoms with Gasteiger partial charge in [0, 0.05) is 4.70 Å². The Labute approximate surface area is 149 Å². The van der Waals surface area contributed by atoms with Crippen LogP contribution in [0.5, 0.6) is 5.75 Å². The first-order chi connectivity index (χ1) is 12.1. The van der Waals surface area contributed by atoms with E-state index in [-0.39, 0.29) is 6.61 Å². The van der Waals surface area contributed by atoms with Crippen LogP contribution in [-0.2, 0) is 9.53 Å². The molecule has 5 nitrogen and oxygen atoms in total. The average Bonchev–Trinajstić information content (AvgIpc) is 3.04. The van der Waals surface area contributed by atoms with Crippen molar-refractivity contribution < 1.29 is 19.1 Å². The van der Waals surface area contributed by atoms with Crippen molar-refractivity contribution in [2.45, 2.75) is 6.92 Å². The molecule has 25 heavy (non-hydrogen) atoms. The van der Waals surface area contributed by atoms with Gasteiger partial charge in [-0.05, 0) is 42.1 Å². The van der Waals surface area contributed by atoms with Crippen LogP contribution >= 0.6 is 11.3 Å². The van der Waals surface area contributed by atoms with E-state index in [0.29, 0.717) is 16.3 Å². The number of anilines is 1. The van der Waals surface area contributed by atoms with Crippen LogP contribution in [-0.4, -0.2) is 25.6 Å². The van der Waals surface area contributed by atoms with Gasteiger partial charge in [-0.15, -0.1) is 11.3 Å². The SMILES string of the molecule is COc1ccc(C)cc1NC(=O)COC(=O)c1cc2ccccc2s1. The molecule has 1 heterocycles.